The van der Waals surface area contributed by atoms with Crippen molar-refractivity contribution in [2.45, 2.75) is 6.54 Å². The third kappa shape index (κ3) is 4.09. The minimum atomic E-state index is 0.00306. The maximum absolute atomic E-state index is 12.1. The molecule has 0 spiro atoms. The summed E-state index contributed by atoms with van der Waals surface area (Å²) in [6.45, 7) is 3.74. The zero-order chi connectivity index (χ0) is 15.2. The molecule has 1 aromatic rings. The van der Waals surface area contributed by atoms with Gasteiger partial charge in [0, 0.05) is 32.7 Å². The molecule has 1 saturated heterocycles. The van der Waals surface area contributed by atoms with E-state index in [0.29, 0.717) is 18.0 Å². The summed E-state index contributed by atoms with van der Waals surface area (Å²) >= 11 is 0. The number of carbonyl (C=O) groups excluding carboxylic acids is 1. The standard InChI is InChI=1S/C15H23N3O3/c1-17-5-7-18(8-6-17)15(19)11-21-14-9-12(10-16)3-4-13(14)20-2/h3-4,9H,5-8,10-11,16H2,1-2H3. The Kier molecular flexibility index (Phi) is 5.41. The Labute approximate surface area is 125 Å². The summed E-state index contributed by atoms with van der Waals surface area (Å²) in [5.41, 5.74) is 6.56. The van der Waals surface area contributed by atoms with Gasteiger partial charge >= 0.3 is 0 Å². The van der Waals surface area contributed by atoms with Crippen LogP contribution in [0.4, 0.5) is 0 Å². The van der Waals surface area contributed by atoms with Gasteiger partial charge in [-0.15, -0.1) is 0 Å². The summed E-state index contributed by atoms with van der Waals surface area (Å²) < 4.78 is 10.9. The van der Waals surface area contributed by atoms with Crippen LogP contribution in [0.25, 0.3) is 0 Å². The Bertz CT molecular complexity index is 485. The lowest BCUT2D eigenvalue weighted by atomic mass is 10.2. The quantitative estimate of drug-likeness (QED) is 0.846. The van der Waals surface area contributed by atoms with E-state index in [-0.39, 0.29) is 12.5 Å². The number of hydrogen-bond acceptors (Lipinski definition) is 5. The van der Waals surface area contributed by atoms with E-state index in [4.69, 9.17) is 15.2 Å². The molecule has 21 heavy (non-hydrogen) atoms. The van der Waals surface area contributed by atoms with E-state index in [9.17, 15) is 4.79 Å². The molecule has 6 nitrogen and oxygen atoms in total. The lowest BCUT2D eigenvalue weighted by molar-refractivity contribution is -0.134. The highest BCUT2D eigenvalue weighted by Crippen LogP contribution is 2.27. The number of ether oxygens (including phenoxy) is 2. The second kappa shape index (κ2) is 7.28. The summed E-state index contributed by atoms with van der Waals surface area (Å²) in [7, 11) is 3.63. The third-order valence-electron chi connectivity index (χ3n) is 3.67. The molecule has 1 amide bonds. The van der Waals surface area contributed by atoms with Crippen LogP contribution < -0.4 is 15.2 Å². The van der Waals surface area contributed by atoms with Gasteiger partial charge in [-0.25, -0.2) is 0 Å². The van der Waals surface area contributed by atoms with E-state index in [1.165, 1.54) is 0 Å². The molecule has 2 rings (SSSR count). The lowest BCUT2D eigenvalue weighted by Crippen LogP contribution is -2.48. The highest BCUT2D eigenvalue weighted by Gasteiger charge is 2.19. The molecule has 0 bridgehead atoms. The van der Waals surface area contributed by atoms with Crippen molar-refractivity contribution in [3.05, 3.63) is 23.8 Å². The second-order valence-corrected chi connectivity index (χ2v) is 5.16. The maximum atomic E-state index is 12.1. The number of hydrogen-bond donors (Lipinski definition) is 1. The number of likely N-dealkylation sites (N-methyl/N-ethyl adjacent to an activating group) is 1. The largest absolute Gasteiger partial charge is 0.493 e. The fourth-order valence-corrected chi connectivity index (χ4v) is 2.25. The SMILES string of the molecule is COc1ccc(CN)cc1OCC(=O)N1CCN(C)CC1. The first kappa shape index (κ1) is 15.6. The highest BCUT2D eigenvalue weighted by molar-refractivity contribution is 5.78. The van der Waals surface area contributed by atoms with E-state index in [1.807, 2.05) is 17.0 Å². The van der Waals surface area contributed by atoms with Crippen LogP contribution in [0.1, 0.15) is 5.56 Å². The molecule has 1 aromatic carbocycles. The van der Waals surface area contributed by atoms with Gasteiger partial charge in [0.15, 0.2) is 18.1 Å². The number of amides is 1. The van der Waals surface area contributed by atoms with Crippen LogP contribution in [0.5, 0.6) is 11.5 Å². The average molecular weight is 293 g/mol. The van der Waals surface area contributed by atoms with E-state index in [1.54, 1.807) is 13.2 Å². The molecule has 0 radical (unpaired) electrons. The van der Waals surface area contributed by atoms with Gasteiger partial charge in [-0.1, -0.05) is 6.07 Å². The first-order chi connectivity index (χ1) is 10.1. The summed E-state index contributed by atoms with van der Waals surface area (Å²) in [5.74, 6) is 1.17. The summed E-state index contributed by atoms with van der Waals surface area (Å²) in [6.07, 6.45) is 0. The number of benzene rings is 1. The van der Waals surface area contributed by atoms with Crippen LogP contribution in [-0.4, -0.2) is 62.7 Å². The molecular formula is C15H23N3O3. The van der Waals surface area contributed by atoms with Crippen LogP contribution >= 0.6 is 0 Å². The van der Waals surface area contributed by atoms with Crippen molar-refractivity contribution in [3.63, 3.8) is 0 Å². The van der Waals surface area contributed by atoms with E-state index < -0.39 is 0 Å². The molecule has 1 aliphatic heterocycles. The fraction of sp³-hybridized carbons (Fsp3) is 0.533. The van der Waals surface area contributed by atoms with Crippen LogP contribution in [0, 0.1) is 0 Å². The first-order valence-electron chi connectivity index (χ1n) is 7.10. The molecular weight excluding hydrogens is 270 g/mol. The van der Waals surface area contributed by atoms with Crippen LogP contribution in [0.2, 0.25) is 0 Å². The van der Waals surface area contributed by atoms with Crippen molar-refractivity contribution in [2.24, 2.45) is 5.73 Å². The molecule has 1 heterocycles. The average Bonchev–Trinajstić information content (AvgIpc) is 2.52. The molecule has 0 atom stereocenters. The van der Waals surface area contributed by atoms with Crippen molar-refractivity contribution < 1.29 is 14.3 Å². The zero-order valence-corrected chi connectivity index (χ0v) is 12.7. The van der Waals surface area contributed by atoms with E-state index >= 15 is 0 Å². The van der Waals surface area contributed by atoms with Gasteiger partial charge in [0.1, 0.15) is 0 Å². The van der Waals surface area contributed by atoms with Crippen LogP contribution in [0.15, 0.2) is 18.2 Å². The number of rotatable bonds is 5. The van der Waals surface area contributed by atoms with Gasteiger partial charge in [-0.05, 0) is 24.7 Å². The molecule has 0 unspecified atom stereocenters. The Morgan fingerprint density at radius 3 is 2.57 bits per heavy atom. The molecule has 2 N–H and O–H groups in total. The normalized spacial score (nSPS) is 15.9. The van der Waals surface area contributed by atoms with Gasteiger partial charge in [0.2, 0.25) is 0 Å². The lowest BCUT2D eigenvalue weighted by Gasteiger charge is -2.32. The topological polar surface area (TPSA) is 68.0 Å². The van der Waals surface area contributed by atoms with E-state index in [0.717, 1.165) is 31.7 Å². The predicted octanol–water partition coefficient (Wildman–Crippen LogP) is 0.307. The number of nitrogens with two attached hydrogens (primary N) is 1. The highest BCUT2D eigenvalue weighted by atomic mass is 16.5. The number of piperazine rings is 1. The minimum absolute atomic E-state index is 0.00306. The van der Waals surface area contributed by atoms with Gasteiger partial charge in [0.25, 0.3) is 5.91 Å². The van der Waals surface area contributed by atoms with Crippen LogP contribution in [0.3, 0.4) is 0 Å². The first-order valence-corrected chi connectivity index (χ1v) is 7.10. The summed E-state index contributed by atoms with van der Waals surface area (Å²) in [6, 6.07) is 5.50. The van der Waals surface area contributed by atoms with E-state index in [2.05, 4.69) is 11.9 Å². The predicted molar refractivity (Wildman–Crippen MR) is 80.5 cm³/mol. The monoisotopic (exact) mass is 293 g/mol. The van der Waals surface area contributed by atoms with Crippen molar-refractivity contribution in [1.29, 1.82) is 0 Å². The molecule has 0 saturated carbocycles. The Hall–Kier alpha value is -1.79. The zero-order valence-electron chi connectivity index (χ0n) is 12.7. The van der Waals surface area contributed by atoms with Crippen molar-refractivity contribution in [1.82, 2.24) is 9.80 Å². The van der Waals surface area contributed by atoms with Gasteiger partial charge < -0.3 is 25.0 Å². The summed E-state index contributed by atoms with van der Waals surface area (Å²) in [5, 5.41) is 0. The maximum Gasteiger partial charge on any atom is 0.260 e. The second-order valence-electron chi connectivity index (χ2n) is 5.16. The fourth-order valence-electron chi connectivity index (χ4n) is 2.25. The minimum Gasteiger partial charge on any atom is -0.493 e. The Balaban J connectivity index is 1.94. The van der Waals surface area contributed by atoms with Gasteiger partial charge in [-0.2, -0.15) is 0 Å². The molecule has 6 heteroatoms. The smallest absolute Gasteiger partial charge is 0.260 e. The number of nitrogens with zero attached hydrogens (tertiary/aromatic N) is 2. The number of methoxy groups -OCH3 is 1. The molecule has 116 valence electrons. The third-order valence-corrected chi connectivity index (χ3v) is 3.67. The molecule has 1 fully saturated rings. The number of carbonyl (C=O) groups is 1. The van der Waals surface area contributed by atoms with Gasteiger partial charge in [-0.3, -0.25) is 4.79 Å². The van der Waals surface area contributed by atoms with Crippen molar-refractivity contribution in [3.8, 4) is 11.5 Å². The van der Waals surface area contributed by atoms with Gasteiger partial charge in [0.05, 0.1) is 7.11 Å². The van der Waals surface area contributed by atoms with Crippen molar-refractivity contribution >= 4 is 5.91 Å². The molecule has 1 aliphatic rings. The Morgan fingerprint density at radius 2 is 1.95 bits per heavy atom. The molecule has 0 aromatic heterocycles. The van der Waals surface area contributed by atoms with Crippen LogP contribution in [-0.2, 0) is 11.3 Å². The molecule has 0 aliphatic carbocycles. The Morgan fingerprint density at radius 1 is 1.24 bits per heavy atom. The van der Waals surface area contributed by atoms with Crippen molar-refractivity contribution in [2.75, 3.05) is 46.9 Å². The summed E-state index contributed by atoms with van der Waals surface area (Å²) in [4.78, 5) is 16.2.